The molecule has 0 bridgehead atoms. The molecular weight excluding hydrogens is 298 g/mol. The van der Waals surface area contributed by atoms with E-state index in [1.165, 1.54) is 12.1 Å². The summed E-state index contributed by atoms with van der Waals surface area (Å²) in [6.45, 7) is 0.555. The number of hydrogen-bond acceptors (Lipinski definition) is 4. The number of carboxylic acids is 1. The third-order valence-electron chi connectivity index (χ3n) is 3.60. The number of amides is 1. The maximum atomic E-state index is 12.1. The molecule has 22 heavy (non-hydrogen) atoms. The van der Waals surface area contributed by atoms with Crippen LogP contribution in [0, 0.1) is 0 Å². The Labute approximate surface area is 132 Å². The Hall–Kier alpha value is -2.27. The lowest BCUT2D eigenvalue weighted by molar-refractivity contribution is -0.255. The average Bonchev–Trinajstić information content (AvgIpc) is 2.89. The molecule has 1 fully saturated rings. The third-order valence-corrected chi connectivity index (χ3v) is 4.85. The quantitative estimate of drug-likeness (QED) is 0.864. The van der Waals surface area contributed by atoms with E-state index in [0.717, 1.165) is 11.1 Å². The number of nitrogens with zero attached hydrogens (tertiary/aromatic N) is 1. The molecule has 1 atom stereocenters. The van der Waals surface area contributed by atoms with Crippen LogP contribution in [0.4, 0.5) is 0 Å². The zero-order valence-electron chi connectivity index (χ0n) is 11.8. The fourth-order valence-electron chi connectivity index (χ4n) is 2.47. The van der Waals surface area contributed by atoms with Crippen molar-refractivity contribution in [1.82, 2.24) is 4.90 Å². The van der Waals surface area contributed by atoms with Crippen molar-refractivity contribution >= 4 is 23.6 Å². The Morgan fingerprint density at radius 1 is 1.14 bits per heavy atom. The van der Waals surface area contributed by atoms with Gasteiger partial charge in [0.1, 0.15) is 5.37 Å². The Kier molecular flexibility index (Phi) is 4.15. The van der Waals surface area contributed by atoms with Crippen LogP contribution in [0.15, 0.2) is 54.6 Å². The van der Waals surface area contributed by atoms with Crippen LogP contribution in [-0.4, -0.2) is 22.5 Å². The fraction of sp³-hybridized carbons (Fsp3) is 0.176. The SMILES string of the molecule is O=C([O-])c1ccc([C@H]2SCC(=O)N2Cc2ccccc2)cc1. The van der Waals surface area contributed by atoms with Crippen molar-refractivity contribution < 1.29 is 14.7 Å². The fourth-order valence-corrected chi connectivity index (χ4v) is 3.65. The molecular formula is C17H14NO3S-. The van der Waals surface area contributed by atoms with Gasteiger partial charge in [-0.2, -0.15) is 0 Å². The van der Waals surface area contributed by atoms with Crippen molar-refractivity contribution in [3.63, 3.8) is 0 Å². The molecule has 0 radical (unpaired) electrons. The van der Waals surface area contributed by atoms with E-state index >= 15 is 0 Å². The Balaban J connectivity index is 1.82. The molecule has 0 unspecified atom stereocenters. The van der Waals surface area contributed by atoms with Gasteiger partial charge in [-0.05, 0) is 16.7 Å². The van der Waals surface area contributed by atoms with Gasteiger partial charge in [-0.3, -0.25) is 4.79 Å². The number of hydrogen-bond donors (Lipinski definition) is 0. The summed E-state index contributed by atoms with van der Waals surface area (Å²) in [4.78, 5) is 24.8. The minimum absolute atomic E-state index is 0.0801. The number of benzene rings is 2. The van der Waals surface area contributed by atoms with E-state index in [4.69, 9.17) is 0 Å². The normalized spacial score (nSPS) is 17.7. The van der Waals surface area contributed by atoms with Crippen molar-refractivity contribution in [3.8, 4) is 0 Å². The summed E-state index contributed by atoms with van der Waals surface area (Å²) in [5.41, 5.74) is 2.15. The molecule has 1 heterocycles. The van der Waals surface area contributed by atoms with Crippen LogP contribution in [0.2, 0.25) is 0 Å². The van der Waals surface area contributed by atoms with Crippen LogP contribution in [-0.2, 0) is 11.3 Å². The van der Waals surface area contributed by atoms with Gasteiger partial charge in [-0.15, -0.1) is 11.8 Å². The van der Waals surface area contributed by atoms with Crippen LogP contribution in [0.1, 0.15) is 26.9 Å². The number of carboxylic acid groups (broad SMARTS) is 1. The van der Waals surface area contributed by atoms with E-state index in [-0.39, 0.29) is 16.8 Å². The Morgan fingerprint density at radius 2 is 1.82 bits per heavy atom. The van der Waals surface area contributed by atoms with Crippen LogP contribution in [0.5, 0.6) is 0 Å². The van der Waals surface area contributed by atoms with E-state index < -0.39 is 5.97 Å². The second-order valence-corrected chi connectivity index (χ2v) is 6.15. The highest BCUT2D eigenvalue weighted by Gasteiger charge is 2.32. The number of carbonyl (C=O) groups excluding carboxylic acids is 2. The lowest BCUT2D eigenvalue weighted by Crippen LogP contribution is -2.27. The van der Waals surface area contributed by atoms with Crippen molar-refractivity contribution in [1.29, 1.82) is 0 Å². The first-order chi connectivity index (χ1) is 10.6. The molecule has 4 nitrogen and oxygen atoms in total. The average molecular weight is 312 g/mol. The summed E-state index contributed by atoms with van der Waals surface area (Å²) in [6, 6.07) is 16.4. The second-order valence-electron chi connectivity index (χ2n) is 5.08. The van der Waals surface area contributed by atoms with Gasteiger partial charge in [0.25, 0.3) is 0 Å². The minimum Gasteiger partial charge on any atom is -0.545 e. The van der Waals surface area contributed by atoms with E-state index in [9.17, 15) is 14.7 Å². The molecule has 112 valence electrons. The molecule has 1 aliphatic rings. The highest BCUT2D eigenvalue weighted by atomic mass is 32.2. The zero-order valence-corrected chi connectivity index (χ0v) is 12.6. The van der Waals surface area contributed by atoms with Crippen molar-refractivity contribution in [3.05, 3.63) is 71.3 Å². The number of thioether (sulfide) groups is 1. The molecule has 0 spiro atoms. The Bertz CT molecular complexity index is 685. The highest BCUT2D eigenvalue weighted by molar-refractivity contribution is 8.00. The van der Waals surface area contributed by atoms with Crippen molar-refractivity contribution in [2.24, 2.45) is 0 Å². The van der Waals surface area contributed by atoms with Crippen molar-refractivity contribution in [2.45, 2.75) is 11.9 Å². The first-order valence-electron chi connectivity index (χ1n) is 6.91. The molecule has 1 amide bonds. The molecule has 2 aromatic rings. The molecule has 0 aromatic heterocycles. The molecule has 2 aromatic carbocycles. The lowest BCUT2D eigenvalue weighted by atomic mass is 10.1. The molecule has 1 saturated heterocycles. The monoisotopic (exact) mass is 312 g/mol. The maximum Gasteiger partial charge on any atom is 0.234 e. The van der Waals surface area contributed by atoms with E-state index in [1.54, 1.807) is 23.9 Å². The molecule has 0 saturated carbocycles. The largest absolute Gasteiger partial charge is 0.545 e. The summed E-state index contributed by atoms with van der Waals surface area (Å²) < 4.78 is 0. The zero-order chi connectivity index (χ0) is 15.5. The number of carbonyl (C=O) groups is 2. The second kappa shape index (κ2) is 6.23. The van der Waals surface area contributed by atoms with Gasteiger partial charge >= 0.3 is 0 Å². The van der Waals surface area contributed by atoms with Gasteiger partial charge in [-0.1, -0.05) is 54.6 Å². The van der Waals surface area contributed by atoms with Crippen LogP contribution in [0.3, 0.4) is 0 Å². The molecule has 3 rings (SSSR count). The number of aromatic carboxylic acids is 1. The topological polar surface area (TPSA) is 60.4 Å². The summed E-state index contributed by atoms with van der Waals surface area (Å²) in [5, 5.41) is 10.7. The van der Waals surface area contributed by atoms with Gasteiger partial charge in [-0.25, -0.2) is 0 Å². The first kappa shape index (κ1) is 14.7. The van der Waals surface area contributed by atoms with Crippen LogP contribution in [0.25, 0.3) is 0 Å². The van der Waals surface area contributed by atoms with Crippen LogP contribution < -0.4 is 5.11 Å². The van der Waals surface area contributed by atoms with E-state index in [0.29, 0.717) is 12.3 Å². The standard InChI is InChI=1S/C17H15NO3S/c19-15-11-22-16(13-6-8-14(9-7-13)17(20)21)18(15)10-12-4-2-1-3-5-12/h1-9,16H,10-11H2,(H,20,21)/p-1/t16-/m1/s1. The number of rotatable bonds is 4. The molecule has 0 aliphatic carbocycles. The maximum absolute atomic E-state index is 12.1. The van der Waals surface area contributed by atoms with Gasteiger partial charge < -0.3 is 14.8 Å². The van der Waals surface area contributed by atoms with Gasteiger partial charge in [0, 0.05) is 6.54 Å². The molecule has 0 N–H and O–H groups in total. The highest BCUT2D eigenvalue weighted by Crippen LogP contribution is 2.39. The van der Waals surface area contributed by atoms with Gasteiger partial charge in [0.15, 0.2) is 0 Å². The third kappa shape index (κ3) is 2.99. The Morgan fingerprint density at radius 3 is 2.45 bits per heavy atom. The van der Waals surface area contributed by atoms with E-state index in [2.05, 4.69) is 0 Å². The lowest BCUT2D eigenvalue weighted by Gasteiger charge is -2.24. The van der Waals surface area contributed by atoms with Crippen LogP contribution >= 0.6 is 11.8 Å². The van der Waals surface area contributed by atoms with E-state index in [1.807, 2.05) is 35.2 Å². The van der Waals surface area contributed by atoms with Crippen molar-refractivity contribution in [2.75, 3.05) is 5.75 Å². The minimum atomic E-state index is -1.19. The van der Waals surface area contributed by atoms with Gasteiger partial charge in [0.05, 0.1) is 11.7 Å². The summed E-state index contributed by atoms with van der Waals surface area (Å²) in [5.74, 6) is -0.648. The predicted octanol–water partition coefficient (Wildman–Crippen LogP) is 1.82. The first-order valence-corrected chi connectivity index (χ1v) is 7.96. The van der Waals surface area contributed by atoms with Gasteiger partial charge in [0.2, 0.25) is 5.91 Å². The smallest absolute Gasteiger partial charge is 0.234 e. The molecule has 1 aliphatic heterocycles. The summed E-state index contributed by atoms with van der Waals surface area (Å²) in [6.07, 6.45) is 0. The summed E-state index contributed by atoms with van der Waals surface area (Å²) in [7, 11) is 0. The summed E-state index contributed by atoms with van der Waals surface area (Å²) >= 11 is 1.56. The predicted molar refractivity (Wildman–Crippen MR) is 83.0 cm³/mol. The molecule has 5 heteroatoms.